The Morgan fingerprint density at radius 2 is 1.94 bits per heavy atom. The van der Waals surface area contributed by atoms with Gasteiger partial charge in [0.25, 0.3) is 0 Å². The Morgan fingerprint density at radius 1 is 1.12 bits per heavy atom. The van der Waals surface area contributed by atoms with Gasteiger partial charge in [-0.1, -0.05) is 47.0 Å². The van der Waals surface area contributed by atoms with Gasteiger partial charge in [-0.2, -0.15) is 9.78 Å². The number of aryl methyl sites for hydroxylation is 2. The van der Waals surface area contributed by atoms with Gasteiger partial charge in [-0.05, 0) is 32.9 Å². The molecule has 0 aliphatic heterocycles. The highest BCUT2D eigenvalue weighted by Gasteiger charge is 2.20. The molecule has 4 aromatic rings. The van der Waals surface area contributed by atoms with Crippen LogP contribution in [-0.4, -0.2) is 37.3 Å². The second kappa shape index (κ2) is 9.56. The third-order valence-corrected chi connectivity index (χ3v) is 5.11. The van der Waals surface area contributed by atoms with E-state index < -0.39 is 5.97 Å². The molecule has 0 amide bonds. The third kappa shape index (κ3) is 4.97. The molecule has 1 aromatic carbocycles. The molecule has 8 nitrogen and oxygen atoms in total. The largest absolute Gasteiger partial charge is 0.462 e. The lowest BCUT2D eigenvalue weighted by Gasteiger charge is -2.13. The van der Waals surface area contributed by atoms with Crippen molar-refractivity contribution in [3.63, 3.8) is 0 Å². The predicted molar refractivity (Wildman–Crippen MR) is 128 cm³/mol. The molecule has 0 saturated carbocycles. The van der Waals surface area contributed by atoms with Crippen LogP contribution in [0, 0.1) is 13.8 Å². The van der Waals surface area contributed by atoms with Crippen molar-refractivity contribution in [3.05, 3.63) is 75.7 Å². The molecule has 3 heterocycles. The highest BCUT2D eigenvalue weighted by molar-refractivity contribution is 6.35. The van der Waals surface area contributed by atoms with Crippen molar-refractivity contribution in [2.45, 2.75) is 20.8 Å². The van der Waals surface area contributed by atoms with Crippen LogP contribution >= 0.6 is 23.2 Å². The van der Waals surface area contributed by atoms with Gasteiger partial charge in [-0.25, -0.2) is 19.7 Å². The number of nitrogens with one attached hydrogen (secondary N) is 1. The van der Waals surface area contributed by atoms with E-state index in [2.05, 4.69) is 25.4 Å². The van der Waals surface area contributed by atoms with Crippen LogP contribution in [0.15, 0.2) is 48.8 Å². The van der Waals surface area contributed by atoms with Crippen molar-refractivity contribution in [2.75, 3.05) is 11.9 Å². The van der Waals surface area contributed by atoms with Gasteiger partial charge < -0.3 is 10.1 Å². The van der Waals surface area contributed by atoms with E-state index in [1.807, 2.05) is 38.1 Å². The van der Waals surface area contributed by atoms with Crippen LogP contribution in [0.5, 0.6) is 0 Å². The molecule has 0 spiro atoms. The number of aromatic nitrogens is 5. The smallest absolute Gasteiger partial charge is 0.343 e. The van der Waals surface area contributed by atoms with Crippen LogP contribution in [0.2, 0.25) is 10.0 Å². The summed E-state index contributed by atoms with van der Waals surface area (Å²) >= 11 is 12.3. The van der Waals surface area contributed by atoms with E-state index in [1.165, 1.54) is 17.1 Å². The molecular formula is C23H20Cl2N6O2. The lowest BCUT2D eigenvalue weighted by atomic mass is 10.1. The van der Waals surface area contributed by atoms with E-state index in [4.69, 9.17) is 27.9 Å². The SMILES string of the molecule is CCOC(=O)c1cnc(-c2cccc(C)c2)nc1Nc1cc(C)nn1-c1ncc(Cl)cc1Cl. The van der Waals surface area contributed by atoms with Crippen molar-refractivity contribution in [3.8, 4) is 17.2 Å². The first-order chi connectivity index (χ1) is 15.9. The molecule has 168 valence electrons. The minimum Gasteiger partial charge on any atom is -0.462 e. The number of ether oxygens (including phenoxy) is 1. The number of carbonyl (C=O) groups excluding carboxylic acids is 1. The van der Waals surface area contributed by atoms with Crippen molar-refractivity contribution in [1.29, 1.82) is 0 Å². The summed E-state index contributed by atoms with van der Waals surface area (Å²) in [6, 6.07) is 11.1. The number of pyridine rings is 1. The Bertz CT molecular complexity index is 1340. The highest BCUT2D eigenvalue weighted by atomic mass is 35.5. The van der Waals surface area contributed by atoms with Gasteiger partial charge in [0.05, 0.1) is 22.3 Å². The van der Waals surface area contributed by atoms with Crippen molar-refractivity contribution >= 4 is 40.8 Å². The van der Waals surface area contributed by atoms with Crippen LogP contribution in [0.25, 0.3) is 17.2 Å². The maximum Gasteiger partial charge on any atom is 0.343 e. The van der Waals surface area contributed by atoms with Crippen molar-refractivity contribution < 1.29 is 9.53 Å². The van der Waals surface area contributed by atoms with Gasteiger partial charge >= 0.3 is 5.97 Å². The first kappa shape index (κ1) is 22.7. The topological polar surface area (TPSA) is 94.8 Å². The summed E-state index contributed by atoms with van der Waals surface area (Å²) in [5.74, 6) is 1.07. The number of esters is 1. The molecular weight excluding hydrogens is 463 g/mol. The summed E-state index contributed by atoms with van der Waals surface area (Å²) in [6.45, 7) is 5.77. The molecule has 0 bridgehead atoms. The standard InChI is InChI=1S/C23H20Cl2N6O2/c1-4-33-23(32)17-12-26-20(15-7-5-6-13(2)8-15)29-21(17)28-19-9-14(3)30-31(19)22-18(25)10-16(24)11-27-22/h5-12H,4H2,1-3H3,(H,26,28,29). The molecule has 1 N–H and O–H groups in total. The predicted octanol–water partition coefficient (Wildman–Crippen LogP) is 5.57. The number of rotatable bonds is 6. The molecule has 10 heteroatoms. The number of halogens is 2. The minimum atomic E-state index is -0.541. The molecule has 0 atom stereocenters. The minimum absolute atomic E-state index is 0.189. The Balaban J connectivity index is 1.81. The summed E-state index contributed by atoms with van der Waals surface area (Å²) in [7, 11) is 0. The molecule has 0 aliphatic rings. The zero-order valence-corrected chi connectivity index (χ0v) is 19.6. The lowest BCUT2D eigenvalue weighted by molar-refractivity contribution is 0.0526. The maximum absolute atomic E-state index is 12.6. The summed E-state index contributed by atoms with van der Waals surface area (Å²) in [6.07, 6.45) is 2.93. The normalized spacial score (nSPS) is 10.8. The van der Waals surface area contributed by atoms with E-state index in [0.717, 1.165) is 11.1 Å². The van der Waals surface area contributed by atoms with Gasteiger partial charge in [0.2, 0.25) is 0 Å². The summed E-state index contributed by atoms with van der Waals surface area (Å²) < 4.78 is 6.72. The highest BCUT2D eigenvalue weighted by Crippen LogP contribution is 2.28. The van der Waals surface area contributed by atoms with Gasteiger partial charge in [-0.15, -0.1) is 0 Å². The molecule has 0 aliphatic carbocycles. The first-order valence-corrected chi connectivity index (χ1v) is 10.9. The zero-order valence-electron chi connectivity index (χ0n) is 18.1. The van der Waals surface area contributed by atoms with Gasteiger partial charge in [0, 0.05) is 24.0 Å². The van der Waals surface area contributed by atoms with Crippen LogP contribution in [0.1, 0.15) is 28.5 Å². The zero-order chi connectivity index (χ0) is 23.5. The van der Waals surface area contributed by atoms with Gasteiger partial charge in [0.1, 0.15) is 17.2 Å². The molecule has 0 fully saturated rings. The van der Waals surface area contributed by atoms with Crippen LogP contribution in [-0.2, 0) is 4.74 Å². The average Bonchev–Trinajstić information content (AvgIpc) is 3.13. The molecule has 0 radical (unpaired) electrons. The maximum atomic E-state index is 12.6. The monoisotopic (exact) mass is 482 g/mol. The van der Waals surface area contributed by atoms with Crippen molar-refractivity contribution in [2.24, 2.45) is 0 Å². The summed E-state index contributed by atoms with van der Waals surface area (Å²) in [4.78, 5) is 25.9. The molecule has 0 unspecified atom stereocenters. The molecule has 33 heavy (non-hydrogen) atoms. The number of hydrogen-bond acceptors (Lipinski definition) is 7. The average molecular weight is 483 g/mol. The fourth-order valence-corrected chi connectivity index (χ4v) is 3.65. The second-order valence-corrected chi connectivity index (χ2v) is 8.06. The summed E-state index contributed by atoms with van der Waals surface area (Å²) in [5, 5.41) is 8.39. The molecule has 0 saturated heterocycles. The number of nitrogens with zero attached hydrogens (tertiary/aromatic N) is 5. The van der Waals surface area contributed by atoms with Crippen LogP contribution in [0.4, 0.5) is 11.6 Å². The second-order valence-electron chi connectivity index (χ2n) is 7.21. The van der Waals surface area contributed by atoms with Crippen LogP contribution in [0.3, 0.4) is 0 Å². The Morgan fingerprint density at radius 3 is 2.67 bits per heavy atom. The number of benzene rings is 1. The summed E-state index contributed by atoms with van der Waals surface area (Å²) in [5.41, 5.74) is 2.78. The fraction of sp³-hybridized carbons (Fsp3) is 0.174. The number of carbonyl (C=O) groups is 1. The molecule has 4 rings (SSSR count). The van der Waals surface area contributed by atoms with E-state index in [-0.39, 0.29) is 18.0 Å². The number of hydrogen-bond donors (Lipinski definition) is 1. The third-order valence-electron chi connectivity index (χ3n) is 4.63. The quantitative estimate of drug-likeness (QED) is 0.359. The Labute approximate surface area is 200 Å². The lowest BCUT2D eigenvalue weighted by Crippen LogP contribution is -2.13. The van der Waals surface area contributed by atoms with E-state index in [9.17, 15) is 4.79 Å². The van der Waals surface area contributed by atoms with E-state index in [1.54, 1.807) is 19.1 Å². The fourth-order valence-electron chi connectivity index (χ4n) is 3.19. The number of anilines is 2. The van der Waals surface area contributed by atoms with Gasteiger partial charge in [0.15, 0.2) is 11.6 Å². The van der Waals surface area contributed by atoms with E-state index in [0.29, 0.717) is 33.2 Å². The Kier molecular flexibility index (Phi) is 6.57. The molecule has 3 aromatic heterocycles. The van der Waals surface area contributed by atoms with Crippen LogP contribution < -0.4 is 5.32 Å². The van der Waals surface area contributed by atoms with Gasteiger partial charge in [-0.3, -0.25) is 0 Å². The van der Waals surface area contributed by atoms with Crippen molar-refractivity contribution in [1.82, 2.24) is 24.7 Å². The first-order valence-electron chi connectivity index (χ1n) is 10.1. The Hall–Kier alpha value is -3.49. The van der Waals surface area contributed by atoms with E-state index >= 15 is 0 Å².